The maximum absolute atomic E-state index is 10.7. The molecule has 2 heterocycles. The Morgan fingerprint density at radius 1 is 1.35 bits per heavy atom. The maximum Gasteiger partial charge on any atom is 0.124 e. The number of ether oxygens (including phenoxy) is 1. The summed E-state index contributed by atoms with van der Waals surface area (Å²) in [4.78, 5) is 2.33. The zero-order valence-electron chi connectivity index (χ0n) is 12.6. The van der Waals surface area contributed by atoms with Crippen molar-refractivity contribution < 1.29 is 9.84 Å². The van der Waals surface area contributed by atoms with Crippen LogP contribution in [0.4, 0.5) is 0 Å². The summed E-state index contributed by atoms with van der Waals surface area (Å²) < 4.78 is 8.47. The predicted octanol–water partition coefficient (Wildman–Crippen LogP) is 2.37. The fourth-order valence-electron chi connectivity index (χ4n) is 2.57. The van der Waals surface area contributed by atoms with Crippen LogP contribution in [0.15, 0.2) is 10.7 Å². The molecule has 1 fully saturated rings. The molecule has 0 bridgehead atoms. The molecular formula is C14H24BrN3O2. The van der Waals surface area contributed by atoms with Gasteiger partial charge in [0, 0.05) is 25.2 Å². The molecule has 0 aromatic carbocycles. The second-order valence-electron chi connectivity index (χ2n) is 5.86. The molecule has 1 aromatic rings. The molecule has 1 aromatic heterocycles. The van der Waals surface area contributed by atoms with E-state index in [4.69, 9.17) is 4.74 Å². The van der Waals surface area contributed by atoms with Crippen LogP contribution in [0.1, 0.15) is 45.5 Å². The van der Waals surface area contributed by atoms with Crippen molar-refractivity contribution in [3.63, 3.8) is 0 Å². The van der Waals surface area contributed by atoms with Crippen molar-refractivity contribution in [3.05, 3.63) is 16.4 Å². The van der Waals surface area contributed by atoms with Gasteiger partial charge in [0.25, 0.3) is 0 Å². The van der Waals surface area contributed by atoms with Gasteiger partial charge in [0.15, 0.2) is 0 Å². The highest BCUT2D eigenvalue weighted by atomic mass is 79.9. The van der Waals surface area contributed by atoms with Gasteiger partial charge in [-0.3, -0.25) is 9.58 Å². The van der Waals surface area contributed by atoms with E-state index >= 15 is 0 Å². The molecule has 1 N–H and O–H groups in total. The Hall–Kier alpha value is -0.430. The average Bonchev–Trinajstić information content (AvgIpc) is 2.80. The van der Waals surface area contributed by atoms with E-state index < -0.39 is 6.10 Å². The highest BCUT2D eigenvalue weighted by molar-refractivity contribution is 9.10. The molecule has 1 saturated heterocycles. The molecule has 1 aliphatic heterocycles. The van der Waals surface area contributed by atoms with Gasteiger partial charge in [-0.2, -0.15) is 5.10 Å². The van der Waals surface area contributed by atoms with Crippen LogP contribution >= 0.6 is 15.9 Å². The number of aliphatic hydroxyl groups excluding tert-OH is 1. The Labute approximate surface area is 129 Å². The second kappa shape index (κ2) is 6.56. The third-order valence-corrected chi connectivity index (χ3v) is 4.37. The molecule has 2 rings (SSSR count). The molecule has 1 aliphatic rings. The summed E-state index contributed by atoms with van der Waals surface area (Å²) in [5.41, 5.74) is 0.801. The van der Waals surface area contributed by atoms with Crippen LogP contribution in [-0.2, 0) is 4.74 Å². The van der Waals surface area contributed by atoms with Crippen LogP contribution in [0.25, 0.3) is 0 Å². The summed E-state index contributed by atoms with van der Waals surface area (Å²) in [6, 6.07) is 0.669. The lowest BCUT2D eigenvalue weighted by Crippen LogP contribution is -2.48. The molecule has 0 saturated carbocycles. The summed E-state index contributed by atoms with van der Waals surface area (Å²) in [7, 11) is 0. The largest absolute Gasteiger partial charge is 0.384 e. The lowest BCUT2D eigenvalue weighted by atomic mass is 10.1. The highest BCUT2D eigenvalue weighted by Crippen LogP contribution is 2.30. The lowest BCUT2D eigenvalue weighted by molar-refractivity contribution is -0.0987. The summed E-state index contributed by atoms with van der Waals surface area (Å²) in [5.74, 6) is 0. The first-order valence-electron chi connectivity index (χ1n) is 7.18. The van der Waals surface area contributed by atoms with Gasteiger partial charge in [0.05, 0.1) is 23.0 Å². The Kier molecular flexibility index (Phi) is 5.23. The molecule has 2 unspecified atom stereocenters. The van der Waals surface area contributed by atoms with E-state index in [9.17, 15) is 5.11 Å². The summed E-state index contributed by atoms with van der Waals surface area (Å²) in [6.45, 7) is 10.8. The topological polar surface area (TPSA) is 50.5 Å². The zero-order valence-corrected chi connectivity index (χ0v) is 14.2. The number of morpholine rings is 1. The molecule has 5 nitrogen and oxygen atoms in total. The van der Waals surface area contributed by atoms with Crippen LogP contribution in [0, 0.1) is 0 Å². The molecule has 0 amide bonds. The van der Waals surface area contributed by atoms with Crippen molar-refractivity contribution >= 4 is 15.9 Å². The number of aromatic nitrogens is 2. The summed E-state index contributed by atoms with van der Waals surface area (Å²) >= 11 is 3.48. The van der Waals surface area contributed by atoms with Crippen molar-refractivity contribution in [2.24, 2.45) is 0 Å². The minimum Gasteiger partial charge on any atom is -0.384 e. The molecular weight excluding hydrogens is 322 g/mol. The average molecular weight is 346 g/mol. The lowest BCUT2D eigenvalue weighted by Gasteiger charge is -2.37. The van der Waals surface area contributed by atoms with Crippen LogP contribution in [0.5, 0.6) is 0 Å². The monoisotopic (exact) mass is 345 g/mol. The summed E-state index contributed by atoms with van der Waals surface area (Å²) in [6.07, 6.45) is 0.856. The number of rotatable bonds is 4. The van der Waals surface area contributed by atoms with Crippen LogP contribution in [-0.4, -0.2) is 51.6 Å². The van der Waals surface area contributed by atoms with Gasteiger partial charge in [-0.25, -0.2) is 0 Å². The number of aliphatic hydroxyl groups is 1. The van der Waals surface area contributed by atoms with Crippen molar-refractivity contribution in [1.29, 1.82) is 0 Å². The molecule has 0 radical (unpaired) electrons. The third kappa shape index (κ3) is 3.24. The quantitative estimate of drug-likeness (QED) is 0.910. The first-order valence-corrected chi connectivity index (χ1v) is 7.97. The van der Waals surface area contributed by atoms with Crippen molar-refractivity contribution in [2.75, 3.05) is 19.7 Å². The number of hydrogen-bond acceptors (Lipinski definition) is 4. The van der Waals surface area contributed by atoms with Gasteiger partial charge >= 0.3 is 0 Å². The fraction of sp³-hybridized carbons (Fsp3) is 0.786. The third-order valence-electron chi connectivity index (χ3n) is 3.76. The number of halogens is 1. The number of nitrogens with zero attached hydrogens (tertiary/aromatic N) is 3. The minimum absolute atomic E-state index is 0.204. The van der Waals surface area contributed by atoms with E-state index in [0.717, 1.165) is 23.3 Å². The van der Waals surface area contributed by atoms with E-state index in [-0.39, 0.29) is 12.1 Å². The first-order chi connectivity index (χ1) is 9.41. The Balaban J connectivity index is 2.18. The van der Waals surface area contributed by atoms with E-state index in [1.165, 1.54) is 0 Å². The summed E-state index contributed by atoms with van der Waals surface area (Å²) in [5, 5.41) is 15.0. The van der Waals surface area contributed by atoms with E-state index in [0.29, 0.717) is 12.6 Å². The Morgan fingerprint density at radius 2 is 2.05 bits per heavy atom. The van der Waals surface area contributed by atoms with Crippen molar-refractivity contribution in [2.45, 2.75) is 52.0 Å². The molecule has 20 heavy (non-hydrogen) atoms. The number of hydrogen-bond donors (Lipinski definition) is 1. The second-order valence-corrected chi connectivity index (χ2v) is 6.71. The van der Waals surface area contributed by atoms with Gasteiger partial charge in [0.1, 0.15) is 12.2 Å². The van der Waals surface area contributed by atoms with Crippen LogP contribution in [0.2, 0.25) is 0 Å². The van der Waals surface area contributed by atoms with Gasteiger partial charge < -0.3 is 9.84 Å². The van der Waals surface area contributed by atoms with Crippen molar-refractivity contribution in [3.8, 4) is 0 Å². The molecule has 2 atom stereocenters. The van der Waals surface area contributed by atoms with Gasteiger partial charge in [0.2, 0.25) is 0 Å². The smallest absolute Gasteiger partial charge is 0.124 e. The fourth-order valence-corrected chi connectivity index (χ4v) is 3.08. The highest BCUT2D eigenvalue weighted by Gasteiger charge is 2.32. The van der Waals surface area contributed by atoms with E-state index in [1.807, 2.05) is 4.68 Å². The predicted molar refractivity (Wildman–Crippen MR) is 81.7 cm³/mol. The van der Waals surface area contributed by atoms with E-state index in [1.54, 1.807) is 6.20 Å². The Morgan fingerprint density at radius 3 is 2.65 bits per heavy atom. The maximum atomic E-state index is 10.7. The minimum atomic E-state index is -0.671. The van der Waals surface area contributed by atoms with Gasteiger partial charge in [-0.1, -0.05) is 0 Å². The molecule has 0 spiro atoms. The van der Waals surface area contributed by atoms with Gasteiger partial charge in [-0.15, -0.1) is 0 Å². The zero-order chi connectivity index (χ0) is 14.9. The van der Waals surface area contributed by atoms with E-state index in [2.05, 4.69) is 53.6 Å². The molecule has 0 aliphatic carbocycles. The molecule has 114 valence electrons. The Bertz CT molecular complexity index is 448. The SMILES string of the molecule is CC(C)N1CCOC(C(O)c2c(Br)cnn2C(C)C)C1. The standard InChI is InChI=1S/C14H24BrN3O2/c1-9(2)17-5-6-20-12(8-17)14(19)13-11(15)7-16-18(13)10(3)4/h7,9-10,12,14,19H,5-6,8H2,1-4H3. The van der Waals surface area contributed by atoms with Crippen LogP contribution in [0.3, 0.4) is 0 Å². The van der Waals surface area contributed by atoms with Crippen LogP contribution < -0.4 is 0 Å². The van der Waals surface area contributed by atoms with Crippen molar-refractivity contribution in [1.82, 2.24) is 14.7 Å². The molecule has 6 heteroatoms. The first kappa shape index (κ1) is 15.9. The van der Waals surface area contributed by atoms with Gasteiger partial charge in [-0.05, 0) is 43.6 Å². The normalized spacial score (nSPS) is 22.7.